The van der Waals surface area contributed by atoms with E-state index < -0.39 is 5.97 Å². The molecule has 6 rings (SSSR count). The molecule has 8 atom stereocenters. The van der Waals surface area contributed by atoms with Gasteiger partial charge in [0.25, 0.3) is 0 Å². The van der Waals surface area contributed by atoms with Gasteiger partial charge in [-0.3, -0.25) is 15.5 Å². The first kappa shape index (κ1) is 17.8. The highest BCUT2D eigenvalue weighted by atomic mass is 16.5. The van der Waals surface area contributed by atoms with Crippen LogP contribution in [0.4, 0.5) is 0 Å². The number of ether oxygens (including phenoxy) is 1. The van der Waals surface area contributed by atoms with Gasteiger partial charge in [-0.15, -0.1) is 5.10 Å². The third kappa shape index (κ3) is 2.89. The first-order valence-corrected chi connectivity index (χ1v) is 11.1. The molecular formula is C22H29N5O2. The number of carbonyl (C=O) groups is 1. The standard InChI is InChI=1S/C22H29N5O2/c1-27-11-20(25-26-27)22(28)29-21-7-6-15-14-3-2-12-9-19-13(10-23-24-19)8-18(12)16(14)4-5-17(15)21/h4-5,7,11-19,23-24H,2-3,6,8-10H2,1H3. The molecule has 8 unspecified atom stereocenters. The van der Waals surface area contributed by atoms with Crippen molar-refractivity contribution < 1.29 is 9.53 Å². The summed E-state index contributed by atoms with van der Waals surface area (Å²) in [6.45, 7) is 1.12. The van der Waals surface area contributed by atoms with Gasteiger partial charge in [0, 0.05) is 25.6 Å². The van der Waals surface area contributed by atoms with Crippen molar-refractivity contribution in [1.82, 2.24) is 25.8 Å². The van der Waals surface area contributed by atoms with Gasteiger partial charge in [0.1, 0.15) is 5.76 Å². The number of esters is 1. The summed E-state index contributed by atoms with van der Waals surface area (Å²) in [6.07, 6.45) is 14.9. The van der Waals surface area contributed by atoms with Gasteiger partial charge in [-0.1, -0.05) is 17.4 Å². The highest BCUT2D eigenvalue weighted by Gasteiger charge is 2.51. The molecule has 0 aromatic carbocycles. The summed E-state index contributed by atoms with van der Waals surface area (Å²) in [6, 6.07) is 0.674. The van der Waals surface area contributed by atoms with Crippen molar-refractivity contribution in [2.24, 2.45) is 48.5 Å². The molecule has 4 aliphatic carbocycles. The number of rotatable bonds is 2. The van der Waals surface area contributed by atoms with Gasteiger partial charge in [0.15, 0.2) is 5.69 Å². The van der Waals surface area contributed by atoms with Gasteiger partial charge < -0.3 is 4.74 Å². The van der Waals surface area contributed by atoms with Crippen LogP contribution in [0.3, 0.4) is 0 Å². The third-order valence-corrected chi connectivity index (χ3v) is 8.31. The predicted molar refractivity (Wildman–Crippen MR) is 106 cm³/mol. The number of aromatic nitrogens is 3. The van der Waals surface area contributed by atoms with E-state index in [0.717, 1.165) is 36.5 Å². The average molecular weight is 396 g/mol. The molecular weight excluding hydrogens is 366 g/mol. The number of fused-ring (bicyclic) bond motifs is 6. The number of hydrogen-bond acceptors (Lipinski definition) is 6. The molecule has 5 aliphatic rings. The zero-order chi connectivity index (χ0) is 19.5. The molecule has 0 spiro atoms. The number of nitrogens with one attached hydrogen (secondary N) is 2. The Balaban J connectivity index is 1.18. The van der Waals surface area contributed by atoms with Crippen LogP contribution < -0.4 is 10.9 Å². The van der Waals surface area contributed by atoms with E-state index in [1.165, 1.54) is 30.4 Å². The second-order valence-electron chi connectivity index (χ2n) is 9.69. The Hall–Kier alpha value is -1.99. The fourth-order valence-electron chi connectivity index (χ4n) is 7.01. The normalized spacial score (nSPS) is 42.4. The summed E-state index contributed by atoms with van der Waals surface area (Å²) in [7, 11) is 1.75. The van der Waals surface area contributed by atoms with E-state index in [4.69, 9.17) is 4.74 Å². The number of allylic oxidation sites excluding steroid dienone is 3. The van der Waals surface area contributed by atoms with Crippen LogP contribution in [-0.4, -0.2) is 33.5 Å². The van der Waals surface area contributed by atoms with Gasteiger partial charge in [0.05, 0.1) is 6.20 Å². The molecule has 2 N–H and O–H groups in total. The van der Waals surface area contributed by atoms with Crippen molar-refractivity contribution >= 4 is 5.97 Å². The van der Waals surface area contributed by atoms with Gasteiger partial charge in [-0.05, 0) is 73.7 Å². The molecule has 1 aliphatic heterocycles. The summed E-state index contributed by atoms with van der Waals surface area (Å²) in [4.78, 5) is 12.5. The minimum atomic E-state index is -0.399. The second kappa shape index (κ2) is 6.77. The molecule has 3 fully saturated rings. The Kier molecular flexibility index (Phi) is 4.17. The molecule has 2 heterocycles. The topological polar surface area (TPSA) is 81.1 Å². The highest BCUT2D eigenvalue weighted by Crippen LogP contribution is 2.56. The fourth-order valence-corrected chi connectivity index (χ4v) is 7.01. The smallest absolute Gasteiger partial charge is 0.365 e. The first-order chi connectivity index (χ1) is 14.2. The Morgan fingerprint density at radius 1 is 1.17 bits per heavy atom. The van der Waals surface area contributed by atoms with Crippen molar-refractivity contribution in [3.8, 4) is 0 Å². The van der Waals surface area contributed by atoms with Crippen LogP contribution in [0, 0.1) is 41.4 Å². The number of hydrogen-bond donors (Lipinski definition) is 2. The fraction of sp³-hybridized carbons (Fsp3) is 0.682. The van der Waals surface area contributed by atoms with Gasteiger partial charge in [-0.2, -0.15) is 0 Å². The highest BCUT2D eigenvalue weighted by molar-refractivity contribution is 5.87. The lowest BCUT2D eigenvalue weighted by molar-refractivity contribution is 0.0148. The lowest BCUT2D eigenvalue weighted by atomic mass is 9.54. The zero-order valence-corrected chi connectivity index (χ0v) is 16.8. The summed E-state index contributed by atoms with van der Waals surface area (Å²) >= 11 is 0. The zero-order valence-electron chi connectivity index (χ0n) is 16.8. The Labute approximate surface area is 170 Å². The van der Waals surface area contributed by atoms with Gasteiger partial charge in [0.2, 0.25) is 0 Å². The third-order valence-electron chi connectivity index (χ3n) is 8.31. The van der Waals surface area contributed by atoms with Crippen LogP contribution in [-0.2, 0) is 11.8 Å². The average Bonchev–Trinajstić information content (AvgIpc) is 3.45. The number of carbonyl (C=O) groups excluding carboxylic acids is 1. The molecule has 2 saturated carbocycles. The van der Waals surface area contributed by atoms with Gasteiger partial charge >= 0.3 is 5.97 Å². The molecule has 29 heavy (non-hydrogen) atoms. The van der Waals surface area contributed by atoms with E-state index in [9.17, 15) is 4.79 Å². The maximum Gasteiger partial charge on any atom is 0.365 e. The second-order valence-corrected chi connectivity index (χ2v) is 9.69. The molecule has 7 nitrogen and oxygen atoms in total. The number of hydrazine groups is 1. The molecule has 154 valence electrons. The molecule has 0 radical (unpaired) electrons. The Morgan fingerprint density at radius 3 is 2.97 bits per heavy atom. The van der Waals surface area contributed by atoms with Crippen LogP contribution >= 0.6 is 0 Å². The minimum Gasteiger partial charge on any atom is -0.426 e. The van der Waals surface area contributed by atoms with Crippen molar-refractivity contribution in [1.29, 1.82) is 0 Å². The van der Waals surface area contributed by atoms with Gasteiger partial charge in [-0.25, -0.2) is 4.79 Å². The molecule has 7 heteroatoms. The lowest BCUT2D eigenvalue weighted by Gasteiger charge is -2.51. The van der Waals surface area contributed by atoms with E-state index in [1.807, 2.05) is 0 Å². The Morgan fingerprint density at radius 2 is 2.10 bits per heavy atom. The summed E-state index contributed by atoms with van der Waals surface area (Å²) in [5.41, 5.74) is 7.16. The van der Waals surface area contributed by atoms with Crippen molar-refractivity contribution in [2.45, 2.75) is 38.1 Å². The predicted octanol–water partition coefficient (Wildman–Crippen LogP) is 2.21. The van der Waals surface area contributed by atoms with E-state index in [1.54, 1.807) is 13.2 Å². The van der Waals surface area contributed by atoms with Crippen LogP contribution in [0.25, 0.3) is 0 Å². The quantitative estimate of drug-likeness (QED) is 0.590. The van der Waals surface area contributed by atoms with Crippen LogP contribution in [0.5, 0.6) is 0 Å². The van der Waals surface area contributed by atoms with E-state index in [-0.39, 0.29) is 11.6 Å². The summed E-state index contributed by atoms with van der Waals surface area (Å²) < 4.78 is 7.29. The van der Waals surface area contributed by atoms with Crippen LogP contribution in [0.15, 0.2) is 30.2 Å². The van der Waals surface area contributed by atoms with Crippen LogP contribution in [0.1, 0.15) is 42.6 Å². The molecule has 1 saturated heterocycles. The first-order valence-electron chi connectivity index (χ1n) is 11.1. The van der Waals surface area contributed by atoms with Crippen molar-refractivity contribution in [3.05, 3.63) is 35.9 Å². The van der Waals surface area contributed by atoms with Crippen molar-refractivity contribution in [3.63, 3.8) is 0 Å². The molecule has 0 bridgehead atoms. The van der Waals surface area contributed by atoms with E-state index >= 15 is 0 Å². The maximum atomic E-state index is 12.5. The Bertz CT molecular complexity index is 876. The van der Waals surface area contributed by atoms with E-state index in [0.29, 0.717) is 23.8 Å². The molecule has 1 aromatic heterocycles. The molecule has 1 aromatic rings. The summed E-state index contributed by atoms with van der Waals surface area (Å²) in [5, 5.41) is 7.71. The lowest BCUT2D eigenvalue weighted by Crippen LogP contribution is -2.47. The van der Waals surface area contributed by atoms with E-state index in [2.05, 4.69) is 39.4 Å². The number of aryl methyl sites for hydroxylation is 1. The molecule has 0 amide bonds. The monoisotopic (exact) mass is 395 g/mol. The van der Waals surface area contributed by atoms with Crippen LogP contribution in [0.2, 0.25) is 0 Å². The SMILES string of the molecule is Cn1cc(C(=O)OC2=CCC3C2C=CC2C4CC5CNNC5CC4CCC23)nn1. The largest absolute Gasteiger partial charge is 0.426 e. The minimum absolute atomic E-state index is 0.236. The van der Waals surface area contributed by atoms with Crippen molar-refractivity contribution in [2.75, 3.05) is 6.54 Å². The summed E-state index contributed by atoms with van der Waals surface area (Å²) in [5.74, 6) is 5.10. The maximum absolute atomic E-state index is 12.5. The number of nitrogens with zero attached hydrogens (tertiary/aromatic N) is 3.